The summed E-state index contributed by atoms with van der Waals surface area (Å²) in [5.41, 5.74) is 13.0. The van der Waals surface area contributed by atoms with E-state index in [2.05, 4.69) is 20.4 Å². The standard InChI is InChI=1S/C15H24N4O3.C15H22N4O3/c2*1-15(2,3)22-14(20)19-7-5-10(6-8-19)11-9-12(21-4)13(16)18-17-11/h9-10H,5-8H2,1-4H3,(H2,16,18);5,9H,6-8H2,1-4H3,(H2,16,18). The number of ether oxygens (including phenoxy) is 4. The topological polar surface area (TPSA) is 181 Å². The van der Waals surface area contributed by atoms with Gasteiger partial charge in [0.05, 0.1) is 25.6 Å². The minimum Gasteiger partial charge on any atom is -0.493 e. The van der Waals surface area contributed by atoms with Crippen LogP contribution in [0.2, 0.25) is 0 Å². The van der Waals surface area contributed by atoms with Crippen molar-refractivity contribution in [2.24, 2.45) is 0 Å². The summed E-state index contributed by atoms with van der Waals surface area (Å²) >= 11 is 0. The van der Waals surface area contributed by atoms with Gasteiger partial charge in [0.25, 0.3) is 0 Å². The van der Waals surface area contributed by atoms with Gasteiger partial charge in [-0.3, -0.25) is 0 Å². The van der Waals surface area contributed by atoms with E-state index in [-0.39, 0.29) is 29.7 Å². The number of hydrogen-bond donors (Lipinski definition) is 2. The lowest BCUT2D eigenvalue weighted by Gasteiger charge is -2.33. The zero-order valence-electron chi connectivity index (χ0n) is 27.0. The number of likely N-dealkylation sites (tertiary alicyclic amines) is 1. The molecule has 2 aromatic heterocycles. The van der Waals surface area contributed by atoms with E-state index in [9.17, 15) is 9.59 Å². The van der Waals surface area contributed by atoms with Crippen molar-refractivity contribution in [3.63, 3.8) is 0 Å². The first-order valence-electron chi connectivity index (χ1n) is 14.6. The van der Waals surface area contributed by atoms with Crippen LogP contribution in [0.25, 0.3) is 5.57 Å². The third-order valence-electron chi connectivity index (χ3n) is 6.78. The van der Waals surface area contributed by atoms with Crippen LogP contribution in [0.4, 0.5) is 21.2 Å². The van der Waals surface area contributed by atoms with Crippen LogP contribution in [0.5, 0.6) is 11.5 Å². The fourth-order valence-corrected chi connectivity index (χ4v) is 4.54. The Hall–Kier alpha value is -4.36. The lowest BCUT2D eigenvalue weighted by atomic mass is 9.93. The SMILES string of the molecule is COc1cc(C2=CCN(C(=O)OC(C)(C)C)CC2)nnc1N.COc1cc(C2CCN(C(=O)OC(C)(C)C)CC2)nnc1N. The van der Waals surface area contributed by atoms with Crippen molar-refractivity contribution in [2.45, 2.75) is 77.9 Å². The smallest absolute Gasteiger partial charge is 0.410 e. The van der Waals surface area contributed by atoms with Crippen molar-refractivity contribution in [3.05, 3.63) is 29.6 Å². The number of carbonyl (C=O) groups excluding carboxylic acids is 2. The molecule has 0 bridgehead atoms. The molecule has 2 aliphatic rings. The molecule has 242 valence electrons. The first-order valence-corrected chi connectivity index (χ1v) is 14.6. The average molecular weight is 615 g/mol. The van der Waals surface area contributed by atoms with E-state index < -0.39 is 11.2 Å². The third-order valence-corrected chi connectivity index (χ3v) is 6.78. The number of methoxy groups -OCH3 is 2. The molecule has 0 aliphatic carbocycles. The van der Waals surface area contributed by atoms with Gasteiger partial charge in [0.15, 0.2) is 23.1 Å². The minimum atomic E-state index is -0.489. The highest BCUT2D eigenvalue weighted by atomic mass is 16.6. The van der Waals surface area contributed by atoms with Gasteiger partial charge >= 0.3 is 12.2 Å². The fourth-order valence-electron chi connectivity index (χ4n) is 4.54. The van der Waals surface area contributed by atoms with Crippen LogP contribution in [0.15, 0.2) is 18.2 Å². The number of hydrogen-bond acceptors (Lipinski definition) is 12. The van der Waals surface area contributed by atoms with Crippen LogP contribution in [0.1, 0.15) is 78.1 Å². The number of carbonyl (C=O) groups is 2. The van der Waals surface area contributed by atoms with E-state index >= 15 is 0 Å². The molecule has 14 nitrogen and oxygen atoms in total. The highest BCUT2D eigenvalue weighted by Gasteiger charge is 2.29. The Morgan fingerprint density at radius 2 is 1.30 bits per heavy atom. The van der Waals surface area contributed by atoms with Crippen molar-refractivity contribution >= 4 is 29.4 Å². The second-order valence-electron chi connectivity index (χ2n) is 12.6. The summed E-state index contributed by atoms with van der Waals surface area (Å²) in [5.74, 6) is 1.84. The lowest BCUT2D eigenvalue weighted by molar-refractivity contribution is 0.0202. The summed E-state index contributed by atoms with van der Waals surface area (Å²) in [5, 5.41) is 16.0. The molecule has 4 heterocycles. The number of nitrogen functional groups attached to an aromatic ring is 2. The highest BCUT2D eigenvalue weighted by molar-refractivity contribution is 5.72. The molecule has 0 unspecified atom stereocenters. The van der Waals surface area contributed by atoms with Crippen molar-refractivity contribution in [1.29, 1.82) is 0 Å². The Morgan fingerprint density at radius 3 is 1.80 bits per heavy atom. The van der Waals surface area contributed by atoms with Gasteiger partial charge in [-0.1, -0.05) is 6.08 Å². The molecule has 0 spiro atoms. The van der Waals surface area contributed by atoms with Gasteiger partial charge in [0.1, 0.15) is 11.2 Å². The Labute approximate surface area is 259 Å². The maximum atomic E-state index is 12.0. The van der Waals surface area contributed by atoms with Gasteiger partial charge in [0.2, 0.25) is 0 Å². The molecule has 0 saturated carbocycles. The maximum Gasteiger partial charge on any atom is 0.410 e. The van der Waals surface area contributed by atoms with Crippen molar-refractivity contribution < 1.29 is 28.5 Å². The quantitative estimate of drug-likeness (QED) is 0.500. The predicted octanol–water partition coefficient (Wildman–Crippen LogP) is 4.27. The first-order chi connectivity index (χ1) is 20.6. The number of anilines is 2. The Kier molecular flexibility index (Phi) is 11.2. The van der Waals surface area contributed by atoms with Crippen LogP contribution >= 0.6 is 0 Å². The number of piperidine rings is 1. The molecule has 44 heavy (non-hydrogen) atoms. The molecule has 1 fully saturated rings. The van der Waals surface area contributed by atoms with Gasteiger partial charge in [-0.15, -0.1) is 15.3 Å². The molecule has 4 N–H and O–H groups in total. The van der Waals surface area contributed by atoms with Crippen molar-refractivity contribution in [3.8, 4) is 11.5 Å². The molecular weight excluding hydrogens is 568 g/mol. The van der Waals surface area contributed by atoms with Gasteiger partial charge < -0.3 is 40.2 Å². The van der Waals surface area contributed by atoms with E-state index in [0.717, 1.165) is 29.8 Å². The molecule has 0 atom stereocenters. The van der Waals surface area contributed by atoms with Crippen LogP contribution in [-0.2, 0) is 9.47 Å². The van der Waals surface area contributed by atoms with Gasteiger partial charge in [-0.25, -0.2) is 9.59 Å². The first kappa shape index (κ1) is 34.1. The summed E-state index contributed by atoms with van der Waals surface area (Å²) in [7, 11) is 3.10. The molecule has 14 heteroatoms. The highest BCUT2D eigenvalue weighted by Crippen LogP contribution is 2.30. The van der Waals surface area contributed by atoms with Crippen LogP contribution in [-0.4, -0.2) is 94.0 Å². The van der Waals surface area contributed by atoms with Crippen molar-refractivity contribution in [1.82, 2.24) is 30.2 Å². The largest absolute Gasteiger partial charge is 0.493 e. The minimum absolute atomic E-state index is 0.251. The number of rotatable bonds is 4. The normalized spacial score (nSPS) is 15.9. The summed E-state index contributed by atoms with van der Waals surface area (Å²) in [6.45, 7) is 13.5. The van der Waals surface area contributed by atoms with Crippen LogP contribution < -0.4 is 20.9 Å². The average Bonchev–Trinajstić information content (AvgIpc) is 2.96. The third kappa shape index (κ3) is 9.85. The van der Waals surface area contributed by atoms with Gasteiger partial charge in [-0.05, 0) is 66.4 Å². The molecule has 1 saturated heterocycles. The van der Waals surface area contributed by atoms with Crippen molar-refractivity contribution in [2.75, 3.05) is 51.9 Å². The summed E-state index contributed by atoms with van der Waals surface area (Å²) < 4.78 is 21.1. The second-order valence-corrected chi connectivity index (χ2v) is 12.6. The van der Waals surface area contributed by atoms with Gasteiger partial charge in [0, 0.05) is 44.2 Å². The molecule has 0 aromatic carbocycles. The summed E-state index contributed by atoms with van der Waals surface area (Å²) in [6.07, 6.45) is 3.71. The van der Waals surface area contributed by atoms with Crippen LogP contribution in [0, 0.1) is 0 Å². The van der Waals surface area contributed by atoms with E-state index in [1.54, 1.807) is 23.0 Å². The van der Waals surface area contributed by atoms with E-state index in [4.69, 9.17) is 30.4 Å². The number of nitrogens with zero attached hydrogens (tertiary/aromatic N) is 6. The van der Waals surface area contributed by atoms with Gasteiger partial charge in [-0.2, -0.15) is 5.10 Å². The fraction of sp³-hybridized carbons (Fsp3) is 0.600. The monoisotopic (exact) mass is 614 g/mol. The molecule has 0 radical (unpaired) electrons. The zero-order valence-corrected chi connectivity index (χ0v) is 27.0. The van der Waals surface area contributed by atoms with E-state index in [0.29, 0.717) is 44.1 Å². The number of aromatic nitrogens is 4. The molecule has 2 aliphatic heterocycles. The summed E-state index contributed by atoms with van der Waals surface area (Å²) in [6, 6.07) is 3.59. The number of nitrogens with two attached hydrogens (primary N) is 2. The molecular formula is C30H46N8O6. The molecule has 2 amide bonds. The Balaban J connectivity index is 0.000000240. The van der Waals surface area contributed by atoms with Crippen LogP contribution in [0.3, 0.4) is 0 Å². The maximum absolute atomic E-state index is 12.0. The van der Waals surface area contributed by atoms with E-state index in [1.807, 2.05) is 53.7 Å². The Morgan fingerprint density at radius 1 is 0.773 bits per heavy atom. The number of amides is 2. The lowest BCUT2D eigenvalue weighted by Crippen LogP contribution is -2.41. The summed E-state index contributed by atoms with van der Waals surface area (Å²) in [4.78, 5) is 27.5. The Bertz CT molecular complexity index is 1330. The molecule has 2 aromatic rings. The zero-order chi connectivity index (χ0) is 32.7. The molecule has 4 rings (SSSR count). The predicted molar refractivity (Wildman–Crippen MR) is 166 cm³/mol. The second kappa shape index (κ2) is 14.4. The van der Waals surface area contributed by atoms with E-state index in [1.165, 1.54) is 7.11 Å².